The molecule has 0 radical (unpaired) electrons. The quantitative estimate of drug-likeness (QED) is 0.236. The van der Waals surface area contributed by atoms with Crippen LogP contribution in [0.4, 0.5) is 5.69 Å². The molecule has 1 saturated carbocycles. The maximum absolute atomic E-state index is 15.0. The number of nitrogens with zero attached hydrogens (tertiary/aromatic N) is 4. The lowest BCUT2D eigenvalue weighted by atomic mass is 9.68. The van der Waals surface area contributed by atoms with E-state index in [1.54, 1.807) is 20.2 Å². The van der Waals surface area contributed by atoms with Gasteiger partial charge in [-0.15, -0.1) is 9.46 Å². The van der Waals surface area contributed by atoms with Crippen LogP contribution in [-0.2, 0) is 38.3 Å². The van der Waals surface area contributed by atoms with E-state index in [0.29, 0.717) is 31.4 Å². The molecule has 1 fully saturated rings. The van der Waals surface area contributed by atoms with Crippen molar-refractivity contribution in [3.8, 4) is 11.6 Å². The Hall–Kier alpha value is -4.24. The minimum atomic E-state index is -3.74. The van der Waals surface area contributed by atoms with Crippen molar-refractivity contribution in [2.24, 2.45) is 29.2 Å². The van der Waals surface area contributed by atoms with Gasteiger partial charge >= 0.3 is 0 Å². The molecule has 1 spiro atoms. The van der Waals surface area contributed by atoms with E-state index in [2.05, 4.69) is 55.6 Å². The van der Waals surface area contributed by atoms with E-state index < -0.39 is 33.8 Å². The molecule has 2 amide bonds. The van der Waals surface area contributed by atoms with Gasteiger partial charge in [-0.25, -0.2) is 4.21 Å². The lowest BCUT2D eigenvalue weighted by molar-refractivity contribution is 0.0110. The smallest absolute Gasteiger partial charge is 0.286 e. The molecule has 14 heteroatoms. The molecule has 2 aliphatic carbocycles. The maximum Gasteiger partial charge on any atom is 0.286 e. The summed E-state index contributed by atoms with van der Waals surface area (Å²) in [4.78, 5) is 30.4. The number of carbonyl (C=O) groups is 2. The van der Waals surface area contributed by atoms with Gasteiger partial charge in [0, 0.05) is 56.9 Å². The summed E-state index contributed by atoms with van der Waals surface area (Å²) < 4.78 is 47.9. The molecule has 56 heavy (non-hydrogen) atoms. The maximum atomic E-state index is 15.0. The molecule has 3 heterocycles. The van der Waals surface area contributed by atoms with Gasteiger partial charge in [0.2, 0.25) is 5.88 Å². The lowest BCUT2D eigenvalue weighted by Gasteiger charge is -2.46. The largest absolute Gasteiger partial charge is 0.490 e. The van der Waals surface area contributed by atoms with Crippen molar-refractivity contribution in [1.82, 2.24) is 19.8 Å². The highest BCUT2D eigenvalue weighted by atomic mass is 32.2. The number of amides is 2. The predicted octanol–water partition coefficient (Wildman–Crippen LogP) is 5.02. The van der Waals surface area contributed by atoms with E-state index in [1.807, 2.05) is 32.2 Å². The number of aryl methyl sites for hydroxylation is 3. The van der Waals surface area contributed by atoms with Crippen molar-refractivity contribution >= 4 is 27.4 Å². The molecule has 2 aliphatic heterocycles. The molecule has 13 nitrogen and oxygen atoms in total. The van der Waals surface area contributed by atoms with Gasteiger partial charge in [-0.05, 0) is 87.2 Å². The molecule has 1 aromatic heterocycles. The molecule has 4 aliphatic rings. The summed E-state index contributed by atoms with van der Waals surface area (Å²) in [5.41, 5.74) is 4.87. The molecule has 7 rings (SSSR count). The SMILES string of the molecule is CNCCO[C@H]1/C=C/[C@H](OC)[C@@H]2CC[C@H]2CN2C[C@@]3(CCCc4cc(C)ccc43)COc3ccc(cc32)C(=O)N=S(=O)(NC(=O)c2cn(C)nc2OC)C[C@H]1C. The van der Waals surface area contributed by atoms with Gasteiger partial charge in [0.15, 0.2) is 0 Å². The van der Waals surface area contributed by atoms with E-state index >= 15 is 0 Å². The molecule has 2 N–H and O–H groups in total. The van der Waals surface area contributed by atoms with Crippen LogP contribution in [-0.4, -0.2) is 97.9 Å². The number of ether oxygens (including phenoxy) is 4. The first-order valence-electron chi connectivity index (χ1n) is 19.7. The number of hydrogen-bond acceptors (Lipinski definition) is 10. The Morgan fingerprint density at radius 3 is 2.70 bits per heavy atom. The molecule has 0 saturated heterocycles. The van der Waals surface area contributed by atoms with E-state index in [9.17, 15) is 13.8 Å². The van der Waals surface area contributed by atoms with Crippen LogP contribution in [0, 0.1) is 24.7 Å². The molecule has 3 aromatic rings. The van der Waals surface area contributed by atoms with Crippen LogP contribution < -0.4 is 24.4 Å². The van der Waals surface area contributed by atoms with Gasteiger partial charge in [0.1, 0.15) is 21.2 Å². The van der Waals surface area contributed by atoms with Crippen LogP contribution in [0.5, 0.6) is 11.6 Å². The Kier molecular flexibility index (Phi) is 11.9. The topological polar surface area (TPSA) is 146 Å². The summed E-state index contributed by atoms with van der Waals surface area (Å²) in [6.07, 6.45) is 10.0. The number of fused-ring (bicyclic) bond motifs is 4. The summed E-state index contributed by atoms with van der Waals surface area (Å²) in [6, 6.07) is 12.1. The third kappa shape index (κ3) is 8.25. The van der Waals surface area contributed by atoms with Crippen molar-refractivity contribution in [3.63, 3.8) is 0 Å². The van der Waals surface area contributed by atoms with E-state index in [1.165, 1.54) is 34.7 Å². The van der Waals surface area contributed by atoms with Gasteiger partial charge in [-0.1, -0.05) is 42.8 Å². The first kappa shape index (κ1) is 40.0. The zero-order chi connectivity index (χ0) is 39.6. The monoisotopic (exact) mass is 788 g/mol. The Morgan fingerprint density at radius 1 is 1.12 bits per heavy atom. The Bertz CT molecular complexity index is 2090. The van der Waals surface area contributed by atoms with Crippen LogP contribution in [0.1, 0.15) is 70.0 Å². The Labute approximate surface area is 330 Å². The van der Waals surface area contributed by atoms with Crippen molar-refractivity contribution in [1.29, 1.82) is 0 Å². The summed E-state index contributed by atoms with van der Waals surface area (Å²) in [6.45, 7) is 7.03. The predicted molar refractivity (Wildman–Crippen MR) is 216 cm³/mol. The Morgan fingerprint density at radius 2 is 1.95 bits per heavy atom. The average Bonchev–Trinajstić information content (AvgIpc) is 3.48. The minimum absolute atomic E-state index is 0.0658. The summed E-state index contributed by atoms with van der Waals surface area (Å²) in [7, 11) is 2.92. The van der Waals surface area contributed by atoms with Gasteiger partial charge in [0.25, 0.3) is 11.8 Å². The second-order valence-corrected chi connectivity index (χ2v) is 18.0. The van der Waals surface area contributed by atoms with Crippen LogP contribution in [0.3, 0.4) is 0 Å². The van der Waals surface area contributed by atoms with E-state index in [0.717, 1.165) is 50.9 Å². The zero-order valence-corrected chi connectivity index (χ0v) is 34.2. The second kappa shape index (κ2) is 16.7. The number of aromatic nitrogens is 2. The minimum Gasteiger partial charge on any atom is -0.490 e. The molecule has 302 valence electrons. The highest BCUT2D eigenvalue weighted by Gasteiger charge is 2.44. The Balaban J connectivity index is 1.33. The second-order valence-electron chi connectivity index (χ2n) is 16.0. The lowest BCUT2D eigenvalue weighted by Crippen LogP contribution is -2.49. The fourth-order valence-corrected chi connectivity index (χ4v) is 10.9. The van der Waals surface area contributed by atoms with Crippen LogP contribution in [0.15, 0.2) is 59.1 Å². The van der Waals surface area contributed by atoms with Crippen LogP contribution >= 0.6 is 0 Å². The van der Waals surface area contributed by atoms with Crippen molar-refractivity contribution < 1.29 is 32.7 Å². The van der Waals surface area contributed by atoms with Gasteiger partial charge in [-0.2, -0.15) is 0 Å². The normalized spacial score (nSPS) is 29.5. The molecule has 2 bridgehead atoms. The summed E-state index contributed by atoms with van der Waals surface area (Å²) in [5.74, 6) is -0.636. The van der Waals surface area contributed by atoms with Crippen molar-refractivity contribution in [3.05, 3.63) is 82.6 Å². The fraction of sp³-hybridized carbons (Fsp3) is 0.548. The first-order valence-corrected chi connectivity index (χ1v) is 21.4. The number of anilines is 1. The number of benzene rings is 2. The van der Waals surface area contributed by atoms with Crippen LogP contribution in [0.2, 0.25) is 0 Å². The third-order valence-corrected chi connectivity index (χ3v) is 14.0. The summed E-state index contributed by atoms with van der Waals surface area (Å²) in [5, 5.41) is 7.29. The van der Waals surface area contributed by atoms with Crippen molar-refractivity contribution in [2.75, 3.05) is 64.8 Å². The van der Waals surface area contributed by atoms with Gasteiger partial charge in [0.05, 0.1) is 44.0 Å². The highest BCUT2D eigenvalue weighted by molar-refractivity contribution is 7.92. The number of methoxy groups -OCH3 is 2. The molecular formula is C42H56N6O7S. The van der Waals surface area contributed by atoms with E-state index in [4.69, 9.17) is 18.9 Å². The zero-order valence-electron chi connectivity index (χ0n) is 33.4. The molecular weight excluding hydrogens is 733 g/mol. The van der Waals surface area contributed by atoms with Gasteiger partial charge < -0.3 is 29.2 Å². The molecule has 2 aromatic carbocycles. The fourth-order valence-electron chi connectivity index (χ4n) is 8.98. The number of hydrogen-bond donors (Lipinski definition) is 2. The number of nitrogens with one attached hydrogen (secondary N) is 2. The highest BCUT2D eigenvalue weighted by Crippen LogP contribution is 2.47. The first-order chi connectivity index (χ1) is 26.9. The number of carbonyl (C=O) groups excluding carboxylic acids is 2. The number of rotatable bonds is 8. The van der Waals surface area contributed by atoms with Crippen LogP contribution in [0.25, 0.3) is 0 Å². The van der Waals surface area contributed by atoms with Crippen molar-refractivity contribution in [2.45, 2.75) is 63.6 Å². The average molecular weight is 789 g/mol. The summed E-state index contributed by atoms with van der Waals surface area (Å²) >= 11 is 0. The molecule has 1 unspecified atom stereocenters. The molecule has 7 atom stereocenters. The van der Waals surface area contributed by atoms with E-state index in [-0.39, 0.29) is 40.2 Å². The van der Waals surface area contributed by atoms with Gasteiger partial charge in [-0.3, -0.25) is 19.0 Å². The third-order valence-electron chi connectivity index (χ3n) is 12.0. The standard InChI is InChI=1S/C42H56N6O7S/c1-27-9-13-34-29(20-27)8-7-17-42(34)25-48-22-31-10-12-32(31)37(52-5)16-15-36(54-19-18-43-3)28(2)24-56(51,46-40(50)33-23-47(4)44-41(33)53-6)45-39(49)30-11-14-38(55-26-42)35(48)21-30/h9,11,13-16,20-21,23,28,31-32,36-37,43H,7-8,10,12,17-19,22,24-26H2,1-6H3,(H,45,46,49,50,51)/b16-15+/t28-,31+,32-,36+,37+,42+,56?/m1/s1. The number of likely N-dealkylation sites (N-methyl/N-ethyl adjacent to an activating group) is 1.